The van der Waals surface area contributed by atoms with Crippen LogP contribution < -0.4 is 5.73 Å². The molecule has 0 spiro atoms. The van der Waals surface area contributed by atoms with E-state index in [0.29, 0.717) is 11.5 Å². The summed E-state index contributed by atoms with van der Waals surface area (Å²) in [5.74, 6) is -0.971. The molecule has 6 heteroatoms. The largest absolute Gasteiger partial charge is 0.392 e. The fourth-order valence-electron chi connectivity index (χ4n) is 2.53. The topological polar surface area (TPSA) is 32.5 Å². The molecule has 1 aliphatic heterocycles. The first-order valence-corrected chi connectivity index (χ1v) is 7.43. The number of rotatable bonds is 4. The van der Waals surface area contributed by atoms with Gasteiger partial charge in [-0.05, 0) is 26.0 Å². The lowest BCUT2D eigenvalue weighted by Crippen LogP contribution is -2.59. The molecule has 0 bridgehead atoms. The lowest BCUT2D eigenvalue weighted by Gasteiger charge is -2.43. The van der Waals surface area contributed by atoms with Gasteiger partial charge in [0.1, 0.15) is 11.6 Å². The summed E-state index contributed by atoms with van der Waals surface area (Å²) in [6.45, 7) is 7.32. The maximum atomic E-state index is 13.7. The molecule has 21 heavy (non-hydrogen) atoms. The van der Waals surface area contributed by atoms with Crippen molar-refractivity contribution in [2.24, 2.45) is 5.73 Å². The number of nitrogens with two attached hydrogens (primary N) is 1. The Hall–Kier alpha value is -1.11. The summed E-state index contributed by atoms with van der Waals surface area (Å²) in [7, 11) is 0. The number of hydrogen-bond acceptors (Lipinski definition) is 3. The van der Waals surface area contributed by atoms with Gasteiger partial charge in [0.15, 0.2) is 0 Å². The molecular weight excluding hydrogens is 292 g/mol. The van der Waals surface area contributed by atoms with Crippen LogP contribution in [0.15, 0.2) is 18.2 Å². The minimum Gasteiger partial charge on any atom is -0.392 e. The van der Waals surface area contributed by atoms with Crippen LogP contribution in [0.5, 0.6) is 0 Å². The molecule has 0 amide bonds. The predicted octanol–water partition coefficient (Wildman–Crippen LogP) is 2.15. The zero-order chi connectivity index (χ0) is 15.6. The molecule has 1 saturated heterocycles. The van der Waals surface area contributed by atoms with E-state index in [-0.39, 0.29) is 11.1 Å². The highest BCUT2D eigenvalue weighted by Gasteiger charge is 2.32. The minimum absolute atomic E-state index is 0.138. The Morgan fingerprint density at radius 2 is 1.71 bits per heavy atom. The summed E-state index contributed by atoms with van der Waals surface area (Å²) >= 11 is 5.10. The fraction of sp³-hybridized carbons (Fsp3) is 0.533. The Morgan fingerprint density at radius 3 is 2.19 bits per heavy atom. The summed E-state index contributed by atoms with van der Waals surface area (Å²) in [6, 6.07) is 3.98. The summed E-state index contributed by atoms with van der Waals surface area (Å²) < 4.78 is 27.3. The van der Waals surface area contributed by atoms with E-state index < -0.39 is 11.6 Å². The molecule has 2 rings (SSSR count). The van der Waals surface area contributed by atoms with Crippen LogP contribution in [0.4, 0.5) is 8.78 Å². The molecule has 0 saturated carbocycles. The van der Waals surface area contributed by atoms with Crippen molar-refractivity contribution in [3.8, 4) is 0 Å². The Bertz CT molecular complexity index is 505. The van der Waals surface area contributed by atoms with Crippen molar-refractivity contribution in [1.29, 1.82) is 0 Å². The number of hydrogen-bond donors (Lipinski definition) is 1. The van der Waals surface area contributed by atoms with Crippen molar-refractivity contribution in [3.63, 3.8) is 0 Å². The summed E-state index contributed by atoms with van der Waals surface area (Å²) in [4.78, 5) is 4.73. The van der Waals surface area contributed by atoms with Gasteiger partial charge >= 0.3 is 0 Å². The maximum absolute atomic E-state index is 13.7. The molecule has 1 aliphatic rings. The predicted molar refractivity (Wildman–Crippen MR) is 84.1 cm³/mol. The van der Waals surface area contributed by atoms with Crippen molar-refractivity contribution < 1.29 is 8.78 Å². The van der Waals surface area contributed by atoms with Crippen LogP contribution in [0, 0.1) is 11.6 Å². The Labute approximate surface area is 129 Å². The van der Waals surface area contributed by atoms with Crippen LogP contribution in [0.2, 0.25) is 0 Å². The van der Waals surface area contributed by atoms with Crippen LogP contribution in [0.1, 0.15) is 19.4 Å². The van der Waals surface area contributed by atoms with E-state index in [1.807, 2.05) is 18.7 Å². The van der Waals surface area contributed by atoms with Gasteiger partial charge in [-0.1, -0.05) is 18.3 Å². The van der Waals surface area contributed by atoms with E-state index in [1.54, 1.807) is 0 Å². The molecule has 1 aromatic carbocycles. The van der Waals surface area contributed by atoms with Crippen LogP contribution >= 0.6 is 12.2 Å². The van der Waals surface area contributed by atoms with Gasteiger partial charge in [-0.2, -0.15) is 0 Å². The quantitative estimate of drug-likeness (QED) is 0.864. The van der Waals surface area contributed by atoms with Crippen molar-refractivity contribution in [1.82, 2.24) is 9.80 Å². The second-order valence-electron chi connectivity index (χ2n) is 5.89. The van der Waals surface area contributed by atoms with E-state index in [4.69, 9.17) is 18.0 Å². The maximum Gasteiger partial charge on any atom is 0.130 e. The molecule has 0 atom stereocenters. The van der Waals surface area contributed by atoms with E-state index in [2.05, 4.69) is 4.90 Å². The summed E-state index contributed by atoms with van der Waals surface area (Å²) in [5, 5.41) is 0. The lowest BCUT2D eigenvalue weighted by molar-refractivity contribution is 0.0809. The van der Waals surface area contributed by atoms with Gasteiger partial charge in [-0.25, -0.2) is 8.78 Å². The average Bonchev–Trinajstić information content (AvgIpc) is 2.43. The van der Waals surface area contributed by atoms with Gasteiger partial charge in [0.05, 0.1) is 10.5 Å². The molecule has 0 unspecified atom stereocenters. The number of nitrogens with zero attached hydrogens (tertiary/aromatic N) is 2. The summed E-state index contributed by atoms with van der Waals surface area (Å²) in [6.07, 6.45) is 0. The summed E-state index contributed by atoms with van der Waals surface area (Å²) in [5.41, 5.74) is 5.59. The van der Waals surface area contributed by atoms with Crippen molar-refractivity contribution in [2.75, 3.05) is 26.2 Å². The van der Waals surface area contributed by atoms with Gasteiger partial charge < -0.3 is 5.73 Å². The molecule has 2 N–H and O–H groups in total. The molecule has 116 valence electrons. The van der Waals surface area contributed by atoms with Crippen molar-refractivity contribution in [2.45, 2.75) is 25.9 Å². The van der Waals surface area contributed by atoms with Crippen LogP contribution in [0.3, 0.4) is 0 Å². The van der Waals surface area contributed by atoms with Crippen LogP contribution in [-0.4, -0.2) is 46.5 Å². The number of halogens is 2. The number of benzene rings is 1. The normalized spacial score (nSPS) is 17.9. The molecule has 1 aromatic rings. The first-order valence-electron chi connectivity index (χ1n) is 7.02. The third-order valence-electron chi connectivity index (χ3n) is 4.21. The standard InChI is InChI=1S/C15H21F2N3S/c1-15(2,14(18)21)20-8-6-19(7-9-20)10-11-12(16)4-3-5-13(11)17/h3-5H,6-10H2,1-2H3,(H2,18,21). The minimum atomic E-state index is -0.485. The highest BCUT2D eigenvalue weighted by molar-refractivity contribution is 7.80. The molecule has 1 fully saturated rings. The van der Waals surface area contributed by atoms with Gasteiger partial charge in [0.2, 0.25) is 0 Å². The fourth-order valence-corrected chi connectivity index (χ4v) is 2.66. The van der Waals surface area contributed by atoms with E-state index >= 15 is 0 Å². The van der Waals surface area contributed by atoms with E-state index in [1.165, 1.54) is 18.2 Å². The van der Waals surface area contributed by atoms with Gasteiger partial charge in [-0.3, -0.25) is 9.80 Å². The molecule has 0 aromatic heterocycles. The first-order chi connectivity index (χ1) is 9.82. The first kappa shape index (κ1) is 16.3. The molecular formula is C15H21F2N3S. The van der Waals surface area contributed by atoms with Gasteiger partial charge in [0, 0.05) is 38.3 Å². The number of piperazine rings is 1. The Balaban J connectivity index is 1.98. The Morgan fingerprint density at radius 1 is 1.19 bits per heavy atom. The third-order valence-corrected chi connectivity index (χ3v) is 4.71. The van der Waals surface area contributed by atoms with E-state index in [0.717, 1.165) is 26.2 Å². The molecule has 3 nitrogen and oxygen atoms in total. The van der Waals surface area contributed by atoms with Gasteiger partial charge in [0.25, 0.3) is 0 Å². The SMILES string of the molecule is CC(C)(C(N)=S)N1CCN(Cc2c(F)cccc2F)CC1. The van der Waals surface area contributed by atoms with Crippen molar-refractivity contribution >= 4 is 17.2 Å². The zero-order valence-electron chi connectivity index (χ0n) is 12.4. The zero-order valence-corrected chi connectivity index (χ0v) is 13.2. The second-order valence-corrected chi connectivity index (χ2v) is 6.33. The molecule has 0 aliphatic carbocycles. The highest BCUT2D eigenvalue weighted by Crippen LogP contribution is 2.20. The molecule has 1 heterocycles. The lowest BCUT2D eigenvalue weighted by atomic mass is 10.0. The average molecular weight is 313 g/mol. The smallest absolute Gasteiger partial charge is 0.130 e. The Kier molecular flexibility index (Phi) is 4.91. The number of thiocarbonyl (C=S) groups is 1. The van der Waals surface area contributed by atoms with Gasteiger partial charge in [-0.15, -0.1) is 0 Å². The third kappa shape index (κ3) is 3.56. The highest BCUT2D eigenvalue weighted by atomic mass is 32.1. The van der Waals surface area contributed by atoms with Crippen molar-refractivity contribution in [3.05, 3.63) is 35.4 Å². The second kappa shape index (κ2) is 6.34. The molecule has 0 radical (unpaired) electrons. The van der Waals surface area contributed by atoms with E-state index in [9.17, 15) is 8.78 Å². The van der Waals surface area contributed by atoms with Crippen LogP contribution in [-0.2, 0) is 6.54 Å². The monoisotopic (exact) mass is 313 g/mol. The van der Waals surface area contributed by atoms with Crippen LogP contribution in [0.25, 0.3) is 0 Å².